The van der Waals surface area contributed by atoms with Crippen LogP contribution in [0, 0.1) is 0 Å². The Morgan fingerprint density at radius 2 is 1.91 bits per heavy atom. The summed E-state index contributed by atoms with van der Waals surface area (Å²) in [5.41, 5.74) is 0.481. The average Bonchev–Trinajstić information content (AvgIpc) is 3.10. The molecule has 0 saturated carbocycles. The van der Waals surface area contributed by atoms with Crippen molar-refractivity contribution in [1.29, 1.82) is 0 Å². The molecular weight excluding hydrogens is 450 g/mol. The lowest BCUT2D eigenvalue weighted by Gasteiger charge is -2.34. The molecule has 0 spiro atoms. The molecule has 2 amide bonds. The van der Waals surface area contributed by atoms with Gasteiger partial charge in [0.05, 0.1) is 17.7 Å². The number of carbonyl (C=O) groups excluding carboxylic acids is 2. The molecule has 0 radical (unpaired) electrons. The number of fused-ring (bicyclic) bond motifs is 2. The Morgan fingerprint density at radius 1 is 1.12 bits per heavy atom. The number of ether oxygens (including phenoxy) is 2. The third-order valence-electron chi connectivity index (χ3n) is 6.00. The van der Waals surface area contributed by atoms with Crippen LogP contribution in [0.15, 0.2) is 24.4 Å². The van der Waals surface area contributed by atoms with E-state index in [4.69, 9.17) is 9.47 Å². The quantitative estimate of drug-likeness (QED) is 0.660. The normalized spacial score (nSPS) is 26.3. The van der Waals surface area contributed by atoms with Crippen molar-refractivity contribution in [2.24, 2.45) is 0 Å². The van der Waals surface area contributed by atoms with Gasteiger partial charge in [0.2, 0.25) is 5.91 Å². The molecular formula is C21H25N5O4S2. The summed E-state index contributed by atoms with van der Waals surface area (Å²) in [6.45, 7) is 2.84. The van der Waals surface area contributed by atoms with Crippen LogP contribution in [-0.2, 0) is 9.53 Å². The molecule has 3 aliphatic rings. The van der Waals surface area contributed by atoms with E-state index in [1.165, 1.54) is 0 Å². The van der Waals surface area contributed by atoms with Crippen LogP contribution in [0.2, 0.25) is 0 Å². The number of anilines is 1. The largest absolute Gasteiger partial charge is 0.496 e. The van der Waals surface area contributed by atoms with Gasteiger partial charge in [0.15, 0.2) is 11.9 Å². The van der Waals surface area contributed by atoms with Crippen molar-refractivity contribution in [2.75, 3.05) is 56.7 Å². The Morgan fingerprint density at radius 3 is 2.69 bits per heavy atom. The molecule has 3 aliphatic heterocycles. The van der Waals surface area contributed by atoms with Crippen molar-refractivity contribution in [2.45, 2.75) is 16.7 Å². The fourth-order valence-electron chi connectivity index (χ4n) is 4.23. The molecule has 3 atom stereocenters. The summed E-state index contributed by atoms with van der Waals surface area (Å²) in [6.07, 6.45) is 0.548. The van der Waals surface area contributed by atoms with Crippen LogP contribution in [0.25, 0.3) is 11.0 Å². The summed E-state index contributed by atoms with van der Waals surface area (Å²) in [7, 11) is 3.63. The molecule has 5 rings (SSSR count). The second-order valence-electron chi connectivity index (χ2n) is 7.95. The smallest absolute Gasteiger partial charge is 0.411 e. The van der Waals surface area contributed by atoms with Crippen molar-refractivity contribution in [1.82, 2.24) is 19.8 Å². The van der Waals surface area contributed by atoms with Gasteiger partial charge in [-0.05, 0) is 25.2 Å². The van der Waals surface area contributed by atoms with Crippen molar-refractivity contribution >= 4 is 52.4 Å². The van der Waals surface area contributed by atoms with Gasteiger partial charge in [-0.2, -0.15) is 11.8 Å². The predicted molar refractivity (Wildman–Crippen MR) is 125 cm³/mol. The lowest BCUT2D eigenvalue weighted by Crippen LogP contribution is -2.50. The molecule has 5 heterocycles. The van der Waals surface area contributed by atoms with Gasteiger partial charge in [0.1, 0.15) is 16.8 Å². The second kappa shape index (κ2) is 8.95. The van der Waals surface area contributed by atoms with Gasteiger partial charge in [0.25, 0.3) is 0 Å². The highest BCUT2D eigenvalue weighted by Crippen LogP contribution is 2.43. The Labute approximate surface area is 194 Å². The molecule has 3 saturated heterocycles. The molecule has 170 valence electrons. The maximum atomic E-state index is 13.4. The van der Waals surface area contributed by atoms with Crippen molar-refractivity contribution in [3.8, 4) is 5.75 Å². The van der Waals surface area contributed by atoms with Gasteiger partial charge in [-0.3, -0.25) is 9.69 Å². The van der Waals surface area contributed by atoms with Crippen LogP contribution >= 0.6 is 23.5 Å². The van der Waals surface area contributed by atoms with Gasteiger partial charge < -0.3 is 19.3 Å². The lowest BCUT2D eigenvalue weighted by molar-refractivity contribution is -0.117. The van der Waals surface area contributed by atoms with Crippen LogP contribution in [0.3, 0.4) is 0 Å². The van der Waals surface area contributed by atoms with Gasteiger partial charge >= 0.3 is 6.09 Å². The number of aromatic nitrogens is 2. The predicted octanol–water partition coefficient (Wildman–Crippen LogP) is 1.91. The summed E-state index contributed by atoms with van der Waals surface area (Å²) in [6, 6.07) is 5.39. The molecule has 0 N–H and O–H groups in total. The fourth-order valence-corrected chi connectivity index (χ4v) is 7.21. The topological polar surface area (TPSA) is 88.1 Å². The third-order valence-corrected chi connectivity index (χ3v) is 9.06. The number of carbonyl (C=O) groups is 2. The maximum absolute atomic E-state index is 13.4. The van der Waals surface area contributed by atoms with Crippen LogP contribution in [0.1, 0.15) is 0 Å². The summed E-state index contributed by atoms with van der Waals surface area (Å²) >= 11 is 3.32. The van der Waals surface area contributed by atoms with E-state index in [-0.39, 0.29) is 22.5 Å². The van der Waals surface area contributed by atoms with Crippen molar-refractivity contribution in [3.05, 3.63) is 24.4 Å². The van der Waals surface area contributed by atoms with E-state index in [9.17, 15) is 9.59 Å². The van der Waals surface area contributed by atoms with Gasteiger partial charge in [-0.15, -0.1) is 11.8 Å². The van der Waals surface area contributed by atoms with Gasteiger partial charge in [0, 0.05) is 43.9 Å². The minimum Gasteiger partial charge on any atom is -0.496 e. The zero-order valence-electron chi connectivity index (χ0n) is 18.0. The number of thioether (sulfide) groups is 2. The number of piperazine rings is 1. The number of nitrogens with zero attached hydrogens (tertiary/aromatic N) is 5. The summed E-state index contributed by atoms with van der Waals surface area (Å²) in [4.78, 5) is 40.8. The first kappa shape index (κ1) is 21.6. The Kier molecular flexibility index (Phi) is 6.04. The van der Waals surface area contributed by atoms with E-state index in [1.54, 1.807) is 58.8 Å². The standard InChI is InChI=1S/C21H25N5O4S2/c1-24-7-9-25(10-8-24)21(28)30-20-17-16(31-11-12-32-17)19(27)26(20)15-4-3-13-14(29-2)5-6-22-18(13)23-15/h3-6,16-17,20H,7-12H2,1-2H3. The Hall–Kier alpha value is -2.24. The van der Waals surface area contributed by atoms with E-state index in [0.29, 0.717) is 30.3 Å². The number of pyridine rings is 2. The fraction of sp³-hybridized carbons (Fsp3) is 0.524. The van der Waals surface area contributed by atoms with Crippen LogP contribution in [-0.4, -0.2) is 100 Å². The molecule has 0 bridgehead atoms. The van der Waals surface area contributed by atoms with E-state index in [2.05, 4.69) is 14.9 Å². The third kappa shape index (κ3) is 3.86. The molecule has 3 fully saturated rings. The molecule has 32 heavy (non-hydrogen) atoms. The molecule has 0 aromatic carbocycles. The van der Waals surface area contributed by atoms with Crippen LogP contribution in [0.5, 0.6) is 5.75 Å². The number of likely N-dealkylation sites (N-methyl/N-ethyl adjacent to an activating group) is 1. The van der Waals surface area contributed by atoms with E-state index in [1.807, 2.05) is 13.1 Å². The lowest BCUT2D eigenvalue weighted by atomic mass is 10.2. The van der Waals surface area contributed by atoms with Crippen molar-refractivity contribution in [3.63, 3.8) is 0 Å². The minimum absolute atomic E-state index is 0.0712. The van der Waals surface area contributed by atoms with E-state index in [0.717, 1.165) is 30.0 Å². The molecule has 2 aromatic heterocycles. The zero-order chi connectivity index (χ0) is 22.2. The Bertz CT molecular complexity index is 1030. The summed E-state index contributed by atoms with van der Waals surface area (Å²) in [5.74, 6) is 2.85. The van der Waals surface area contributed by atoms with E-state index >= 15 is 0 Å². The average molecular weight is 476 g/mol. The number of hydrogen-bond donors (Lipinski definition) is 0. The Balaban J connectivity index is 1.46. The minimum atomic E-state index is -0.701. The second-order valence-corrected chi connectivity index (χ2v) is 10.5. The van der Waals surface area contributed by atoms with Gasteiger partial charge in [-0.25, -0.2) is 14.8 Å². The first-order valence-electron chi connectivity index (χ1n) is 10.6. The molecule has 9 nitrogen and oxygen atoms in total. The summed E-state index contributed by atoms with van der Waals surface area (Å²) < 4.78 is 11.4. The first-order chi connectivity index (χ1) is 15.6. The van der Waals surface area contributed by atoms with E-state index < -0.39 is 6.23 Å². The monoisotopic (exact) mass is 475 g/mol. The van der Waals surface area contributed by atoms with Gasteiger partial charge in [-0.1, -0.05) is 0 Å². The SMILES string of the molecule is COc1ccnc2nc(N3C(=O)C4SCCSC4C3OC(=O)N3CCN(C)CC3)ccc12. The van der Waals surface area contributed by atoms with Crippen LogP contribution in [0.4, 0.5) is 10.6 Å². The zero-order valence-corrected chi connectivity index (χ0v) is 19.6. The highest BCUT2D eigenvalue weighted by atomic mass is 32.2. The number of methoxy groups -OCH3 is 1. The number of rotatable bonds is 3. The number of hydrogen-bond acceptors (Lipinski definition) is 9. The maximum Gasteiger partial charge on any atom is 0.411 e. The highest BCUT2D eigenvalue weighted by molar-refractivity contribution is 8.07. The molecule has 0 aliphatic carbocycles. The molecule has 3 unspecified atom stereocenters. The number of amides is 2. The van der Waals surface area contributed by atoms with Crippen LogP contribution < -0.4 is 9.64 Å². The molecule has 11 heteroatoms. The van der Waals surface area contributed by atoms with Crippen molar-refractivity contribution < 1.29 is 19.1 Å². The first-order valence-corrected chi connectivity index (χ1v) is 12.7. The highest BCUT2D eigenvalue weighted by Gasteiger charge is 2.53. The summed E-state index contributed by atoms with van der Waals surface area (Å²) in [5, 5.41) is 0.376. The molecule has 2 aromatic rings.